The van der Waals surface area contributed by atoms with Crippen LogP contribution < -0.4 is 4.90 Å². The maximum atomic E-state index is 4.67. The van der Waals surface area contributed by atoms with Crippen LogP contribution in [0.2, 0.25) is 0 Å². The maximum absolute atomic E-state index is 4.67. The number of fused-ring (bicyclic) bond motifs is 1. The Morgan fingerprint density at radius 2 is 2.09 bits per heavy atom. The Kier molecular flexibility index (Phi) is 3.75. The first kappa shape index (κ1) is 14.6. The minimum atomic E-state index is 0.462. The smallest absolute Gasteiger partial charge is 0.137 e. The molecule has 0 aliphatic carbocycles. The number of aromatic nitrogens is 5. The molecule has 2 aliphatic heterocycles. The molecule has 0 bridgehead atoms. The highest BCUT2D eigenvalue weighted by atomic mass is 15.3. The van der Waals surface area contributed by atoms with Crippen molar-refractivity contribution < 1.29 is 0 Å². The molecule has 1 unspecified atom stereocenters. The van der Waals surface area contributed by atoms with Crippen LogP contribution in [0, 0.1) is 6.92 Å². The van der Waals surface area contributed by atoms with Crippen molar-refractivity contribution in [1.29, 1.82) is 0 Å². The molecule has 2 aromatic heterocycles. The summed E-state index contributed by atoms with van der Waals surface area (Å²) in [6.07, 6.45) is 5.61. The van der Waals surface area contributed by atoms with E-state index in [9.17, 15) is 0 Å². The highest BCUT2D eigenvalue weighted by Crippen LogP contribution is 2.30. The summed E-state index contributed by atoms with van der Waals surface area (Å²) in [5.41, 5.74) is 1.12. The molecule has 0 radical (unpaired) electrons. The SMILES string of the molecule is CCc1cc(N2CCCC(c3nnc4n3CCC4)C2)nc(C)n1. The van der Waals surface area contributed by atoms with E-state index in [2.05, 4.69) is 42.6 Å². The Morgan fingerprint density at radius 1 is 1.17 bits per heavy atom. The van der Waals surface area contributed by atoms with Gasteiger partial charge in [0.1, 0.15) is 23.3 Å². The third-order valence-corrected chi connectivity index (χ3v) is 4.99. The van der Waals surface area contributed by atoms with E-state index < -0.39 is 0 Å². The number of hydrogen-bond donors (Lipinski definition) is 0. The first-order valence-corrected chi connectivity index (χ1v) is 8.76. The van der Waals surface area contributed by atoms with Gasteiger partial charge in [0.25, 0.3) is 0 Å². The normalized spacial score (nSPS) is 20.8. The van der Waals surface area contributed by atoms with Gasteiger partial charge in [-0.2, -0.15) is 0 Å². The minimum Gasteiger partial charge on any atom is -0.356 e. The summed E-state index contributed by atoms with van der Waals surface area (Å²) in [5.74, 6) is 4.75. The molecule has 2 aromatic rings. The van der Waals surface area contributed by atoms with Gasteiger partial charge in [0.2, 0.25) is 0 Å². The predicted molar refractivity (Wildman–Crippen MR) is 88.7 cm³/mol. The molecule has 1 fully saturated rings. The quantitative estimate of drug-likeness (QED) is 0.870. The van der Waals surface area contributed by atoms with E-state index >= 15 is 0 Å². The fourth-order valence-electron chi connectivity index (χ4n) is 3.83. The highest BCUT2D eigenvalue weighted by Gasteiger charge is 2.29. The fraction of sp³-hybridized carbons (Fsp3) is 0.647. The molecule has 0 saturated carbocycles. The molecule has 1 saturated heterocycles. The van der Waals surface area contributed by atoms with Crippen molar-refractivity contribution in [1.82, 2.24) is 24.7 Å². The Balaban J connectivity index is 1.58. The van der Waals surface area contributed by atoms with Crippen LogP contribution in [0.25, 0.3) is 0 Å². The third kappa shape index (κ3) is 2.71. The molecule has 6 heteroatoms. The van der Waals surface area contributed by atoms with Crippen LogP contribution in [0.3, 0.4) is 0 Å². The molecule has 6 nitrogen and oxygen atoms in total. The van der Waals surface area contributed by atoms with Crippen molar-refractivity contribution in [3.8, 4) is 0 Å². The molecule has 4 heterocycles. The topological polar surface area (TPSA) is 59.7 Å². The van der Waals surface area contributed by atoms with Crippen LogP contribution in [-0.4, -0.2) is 37.8 Å². The molecule has 23 heavy (non-hydrogen) atoms. The van der Waals surface area contributed by atoms with Crippen molar-refractivity contribution in [2.75, 3.05) is 18.0 Å². The molecule has 2 aliphatic rings. The maximum Gasteiger partial charge on any atom is 0.137 e. The van der Waals surface area contributed by atoms with E-state index in [1.165, 1.54) is 30.9 Å². The Bertz CT molecular complexity index is 707. The van der Waals surface area contributed by atoms with Gasteiger partial charge in [0.15, 0.2) is 0 Å². The number of anilines is 1. The second-order valence-electron chi connectivity index (χ2n) is 6.63. The molecule has 122 valence electrons. The lowest BCUT2D eigenvalue weighted by molar-refractivity contribution is 0.470. The number of hydrogen-bond acceptors (Lipinski definition) is 5. The van der Waals surface area contributed by atoms with Gasteiger partial charge >= 0.3 is 0 Å². The van der Waals surface area contributed by atoms with E-state index in [4.69, 9.17) is 0 Å². The van der Waals surface area contributed by atoms with Gasteiger partial charge in [0, 0.05) is 43.7 Å². The zero-order valence-corrected chi connectivity index (χ0v) is 14.0. The van der Waals surface area contributed by atoms with Gasteiger partial charge in [-0.05, 0) is 32.6 Å². The van der Waals surface area contributed by atoms with Gasteiger partial charge in [-0.25, -0.2) is 9.97 Å². The summed E-state index contributed by atoms with van der Waals surface area (Å²) >= 11 is 0. The summed E-state index contributed by atoms with van der Waals surface area (Å²) in [5, 5.41) is 8.87. The Hall–Kier alpha value is -1.98. The van der Waals surface area contributed by atoms with Crippen LogP contribution in [0.15, 0.2) is 6.07 Å². The van der Waals surface area contributed by atoms with Crippen molar-refractivity contribution in [3.63, 3.8) is 0 Å². The van der Waals surface area contributed by atoms with Crippen molar-refractivity contribution >= 4 is 5.82 Å². The molecule has 4 rings (SSSR count). The minimum absolute atomic E-state index is 0.462. The fourth-order valence-corrected chi connectivity index (χ4v) is 3.83. The molecule has 1 atom stereocenters. The van der Waals surface area contributed by atoms with Crippen molar-refractivity contribution in [2.24, 2.45) is 0 Å². The van der Waals surface area contributed by atoms with E-state index in [0.29, 0.717) is 5.92 Å². The van der Waals surface area contributed by atoms with Crippen molar-refractivity contribution in [3.05, 3.63) is 29.2 Å². The second-order valence-corrected chi connectivity index (χ2v) is 6.63. The second kappa shape index (κ2) is 5.91. The van der Waals surface area contributed by atoms with Crippen LogP contribution in [0.5, 0.6) is 0 Å². The molecule has 0 amide bonds. The monoisotopic (exact) mass is 312 g/mol. The van der Waals surface area contributed by atoms with Crippen LogP contribution in [0.1, 0.15) is 55.3 Å². The third-order valence-electron chi connectivity index (χ3n) is 4.99. The van der Waals surface area contributed by atoms with Gasteiger partial charge in [0.05, 0.1) is 0 Å². The summed E-state index contributed by atoms with van der Waals surface area (Å²) in [7, 11) is 0. The highest BCUT2D eigenvalue weighted by molar-refractivity contribution is 5.41. The van der Waals surface area contributed by atoms with Gasteiger partial charge in [-0.15, -0.1) is 10.2 Å². The van der Waals surface area contributed by atoms with E-state index in [1.54, 1.807) is 0 Å². The van der Waals surface area contributed by atoms with Gasteiger partial charge in [-0.3, -0.25) is 0 Å². The molecule has 0 N–H and O–H groups in total. The number of rotatable bonds is 3. The predicted octanol–water partition coefficient (Wildman–Crippen LogP) is 2.27. The summed E-state index contributed by atoms with van der Waals surface area (Å²) in [6.45, 7) is 7.26. The largest absolute Gasteiger partial charge is 0.356 e. The van der Waals surface area contributed by atoms with Crippen molar-refractivity contribution in [2.45, 2.75) is 58.4 Å². The first-order chi connectivity index (χ1) is 11.2. The average molecular weight is 312 g/mol. The Labute approximate surface area is 137 Å². The van der Waals surface area contributed by atoms with Crippen LogP contribution in [-0.2, 0) is 19.4 Å². The number of nitrogens with zero attached hydrogens (tertiary/aromatic N) is 6. The summed E-state index contributed by atoms with van der Waals surface area (Å²) in [4.78, 5) is 11.6. The van der Waals surface area contributed by atoms with E-state index in [-0.39, 0.29) is 0 Å². The van der Waals surface area contributed by atoms with Gasteiger partial charge < -0.3 is 9.47 Å². The lowest BCUT2D eigenvalue weighted by Crippen LogP contribution is -2.36. The summed E-state index contributed by atoms with van der Waals surface area (Å²) in [6, 6.07) is 2.14. The van der Waals surface area contributed by atoms with E-state index in [1.807, 2.05) is 6.92 Å². The molecule has 0 spiro atoms. The molecular weight excluding hydrogens is 288 g/mol. The first-order valence-electron chi connectivity index (χ1n) is 8.76. The number of aryl methyl sites for hydroxylation is 3. The number of piperidine rings is 1. The zero-order chi connectivity index (χ0) is 15.8. The van der Waals surface area contributed by atoms with Gasteiger partial charge in [-0.1, -0.05) is 6.92 Å². The summed E-state index contributed by atoms with van der Waals surface area (Å²) < 4.78 is 2.34. The molecule has 0 aromatic carbocycles. The lowest BCUT2D eigenvalue weighted by atomic mass is 9.97. The zero-order valence-electron chi connectivity index (χ0n) is 14.0. The standard InChI is InChI=1S/C17H24N6/c1-3-14-10-16(19-12(2)18-14)22-8-4-6-13(11-22)17-21-20-15-7-5-9-23(15)17/h10,13H,3-9,11H2,1-2H3. The molecular formula is C17H24N6. The average Bonchev–Trinajstić information content (AvgIpc) is 3.17. The van der Waals surface area contributed by atoms with Crippen LogP contribution >= 0.6 is 0 Å². The Morgan fingerprint density at radius 3 is 2.96 bits per heavy atom. The van der Waals surface area contributed by atoms with E-state index in [0.717, 1.165) is 49.8 Å². The lowest BCUT2D eigenvalue weighted by Gasteiger charge is -2.33. The van der Waals surface area contributed by atoms with Crippen LogP contribution in [0.4, 0.5) is 5.82 Å².